The van der Waals surface area contributed by atoms with Crippen LogP contribution in [0.5, 0.6) is 0 Å². The Morgan fingerprint density at radius 1 is 1.07 bits per heavy atom. The summed E-state index contributed by atoms with van der Waals surface area (Å²) in [5.41, 5.74) is 0.584. The molecule has 2 heterocycles. The Morgan fingerprint density at radius 2 is 1.86 bits per heavy atom. The number of nitrogens with zero attached hydrogens (tertiary/aromatic N) is 2. The van der Waals surface area contributed by atoms with E-state index >= 15 is 0 Å². The molecule has 0 radical (unpaired) electrons. The summed E-state index contributed by atoms with van der Waals surface area (Å²) in [5, 5.41) is 16.4. The van der Waals surface area contributed by atoms with Crippen LogP contribution in [-0.4, -0.2) is 28.5 Å². The fraction of sp³-hybridized carbons (Fsp3) is 0.158. The highest BCUT2D eigenvalue weighted by molar-refractivity contribution is 5.91. The molecule has 1 aromatic carbocycles. The van der Waals surface area contributed by atoms with E-state index in [-0.39, 0.29) is 29.5 Å². The van der Waals surface area contributed by atoms with E-state index in [9.17, 15) is 19.7 Å². The summed E-state index contributed by atoms with van der Waals surface area (Å²) in [5.74, 6) is 0.300. The Labute approximate surface area is 159 Å². The van der Waals surface area contributed by atoms with E-state index in [1.54, 1.807) is 42.6 Å². The third-order valence-corrected chi connectivity index (χ3v) is 3.93. The van der Waals surface area contributed by atoms with Crippen LogP contribution in [0.4, 0.5) is 11.4 Å². The van der Waals surface area contributed by atoms with Crippen molar-refractivity contribution in [2.24, 2.45) is 0 Å². The smallest absolute Gasteiger partial charge is 0.287 e. The van der Waals surface area contributed by atoms with Crippen molar-refractivity contribution in [2.45, 2.75) is 6.54 Å². The normalized spacial score (nSPS) is 10.4. The third kappa shape index (κ3) is 4.85. The van der Waals surface area contributed by atoms with Gasteiger partial charge in [0.05, 0.1) is 11.5 Å². The molecule has 28 heavy (non-hydrogen) atoms. The number of amides is 1. The van der Waals surface area contributed by atoms with E-state index in [1.807, 2.05) is 0 Å². The zero-order chi connectivity index (χ0) is 19.9. The van der Waals surface area contributed by atoms with E-state index in [4.69, 9.17) is 4.42 Å². The minimum atomic E-state index is -0.463. The summed E-state index contributed by atoms with van der Waals surface area (Å²) >= 11 is 0. The highest BCUT2D eigenvalue weighted by atomic mass is 16.6. The molecule has 0 atom stereocenters. The number of aromatic nitrogens is 1. The number of carbonyl (C=O) groups is 1. The van der Waals surface area contributed by atoms with Gasteiger partial charge in [0.15, 0.2) is 5.76 Å². The van der Waals surface area contributed by atoms with Crippen molar-refractivity contribution in [2.75, 3.05) is 18.4 Å². The molecule has 0 aliphatic carbocycles. The summed E-state index contributed by atoms with van der Waals surface area (Å²) in [4.78, 5) is 34.0. The highest BCUT2D eigenvalue weighted by Gasteiger charge is 2.11. The Bertz CT molecular complexity index is 1020. The zero-order valence-corrected chi connectivity index (χ0v) is 14.8. The molecule has 9 nitrogen and oxygen atoms in total. The van der Waals surface area contributed by atoms with Crippen LogP contribution in [-0.2, 0) is 6.54 Å². The number of nitro benzene ring substituents is 1. The molecule has 0 saturated carbocycles. The first-order valence-electron chi connectivity index (χ1n) is 8.53. The van der Waals surface area contributed by atoms with E-state index in [0.717, 1.165) is 0 Å². The molecule has 2 N–H and O–H groups in total. The van der Waals surface area contributed by atoms with Crippen LogP contribution in [0.15, 0.2) is 70.0 Å². The number of rotatable bonds is 8. The lowest BCUT2D eigenvalue weighted by Gasteiger charge is -2.07. The SMILES string of the molecule is O=C(NCCNc1ccc([N+](=O)[O-])cc1)c1ccc(Cn2ccccc2=O)o1. The number of pyridine rings is 1. The van der Waals surface area contributed by atoms with Crippen LogP contribution in [0.3, 0.4) is 0 Å². The molecule has 0 aliphatic rings. The number of hydrogen-bond donors (Lipinski definition) is 2. The number of benzene rings is 1. The van der Waals surface area contributed by atoms with Gasteiger partial charge in [-0.3, -0.25) is 19.7 Å². The number of non-ortho nitro benzene ring substituents is 1. The number of hydrogen-bond acceptors (Lipinski definition) is 6. The largest absolute Gasteiger partial charge is 0.454 e. The molecule has 0 unspecified atom stereocenters. The fourth-order valence-electron chi connectivity index (χ4n) is 2.52. The molecule has 0 bridgehead atoms. The van der Waals surface area contributed by atoms with Crippen molar-refractivity contribution >= 4 is 17.3 Å². The molecular formula is C19H18N4O5. The van der Waals surface area contributed by atoms with E-state index in [0.29, 0.717) is 24.5 Å². The highest BCUT2D eigenvalue weighted by Crippen LogP contribution is 2.15. The molecule has 2 aromatic heterocycles. The second-order valence-corrected chi connectivity index (χ2v) is 5.92. The minimum absolute atomic E-state index is 0.0187. The van der Waals surface area contributed by atoms with E-state index < -0.39 is 4.92 Å². The van der Waals surface area contributed by atoms with Crippen LogP contribution < -0.4 is 16.2 Å². The molecule has 0 spiro atoms. The van der Waals surface area contributed by atoms with Gasteiger partial charge in [0.25, 0.3) is 17.2 Å². The van der Waals surface area contributed by atoms with Crippen molar-refractivity contribution in [3.63, 3.8) is 0 Å². The Kier molecular flexibility index (Phi) is 5.85. The molecule has 3 rings (SSSR count). The van der Waals surface area contributed by atoms with Gasteiger partial charge in [0.1, 0.15) is 5.76 Å². The minimum Gasteiger partial charge on any atom is -0.454 e. The number of nitro groups is 1. The van der Waals surface area contributed by atoms with Crippen LogP contribution in [0.1, 0.15) is 16.3 Å². The number of anilines is 1. The van der Waals surface area contributed by atoms with Crippen molar-refractivity contribution in [1.29, 1.82) is 0 Å². The summed E-state index contributed by atoms with van der Waals surface area (Å²) in [7, 11) is 0. The maximum Gasteiger partial charge on any atom is 0.287 e. The summed E-state index contributed by atoms with van der Waals surface area (Å²) in [6.45, 7) is 1.02. The maximum absolute atomic E-state index is 12.1. The lowest BCUT2D eigenvalue weighted by molar-refractivity contribution is -0.384. The summed E-state index contributed by atoms with van der Waals surface area (Å²) < 4.78 is 6.98. The van der Waals surface area contributed by atoms with Crippen molar-refractivity contribution < 1.29 is 14.1 Å². The van der Waals surface area contributed by atoms with Crippen molar-refractivity contribution in [3.05, 3.63) is 92.8 Å². The molecule has 0 fully saturated rings. The molecule has 3 aromatic rings. The average molecular weight is 382 g/mol. The second kappa shape index (κ2) is 8.67. The van der Waals surface area contributed by atoms with Gasteiger partial charge >= 0.3 is 0 Å². The van der Waals surface area contributed by atoms with Gasteiger partial charge in [-0.2, -0.15) is 0 Å². The predicted octanol–water partition coefficient (Wildman–Crippen LogP) is 2.24. The Balaban J connectivity index is 1.46. The first-order valence-corrected chi connectivity index (χ1v) is 8.53. The molecule has 1 amide bonds. The maximum atomic E-state index is 12.1. The first kappa shape index (κ1) is 18.9. The van der Waals surface area contributed by atoms with Gasteiger partial charge in [-0.15, -0.1) is 0 Å². The zero-order valence-electron chi connectivity index (χ0n) is 14.8. The van der Waals surface area contributed by atoms with Crippen LogP contribution in [0, 0.1) is 10.1 Å². The van der Waals surface area contributed by atoms with Gasteiger partial charge in [-0.1, -0.05) is 6.07 Å². The van der Waals surface area contributed by atoms with Gasteiger partial charge in [-0.05, 0) is 30.3 Å². The summed E-state index contributed by atoms with van der Waals surface area (Å²) in [6, 6.07) is 14.1. The van der Waals surface area contributed by atoms with Crippen molar-refractivity contribution in [3.8, 4) is 0 Å². The molecular weight excluding hydrogens is 364 g/mol. The van der Waals surface area contributed by atoms with Gasteiger partial charge in [-0.25, -0.2) is 0 Å². The average Bonchev–Trinajstić information content (AvgIpc) is 3.16. The fourth-order valence-corrected chi connectivity index (χ4v) is 2.52. The standard InChI is InChI=1S/C19H18N4O5/c24-18-3-1-2-12-22(18)13-16-8-9-17(28-16)19(25)21-11-10-20-14-4-6-15(7-5-14)23(26)27/h1-9,12,20H,10-11,13H2,(H,21,25). The quantitative estimate of drug-likeness (QED) is 0.350. The Morgan fingerprint density at radius 3 is 2.57 bits per heavy atom. The second-order valence-electron chi connectivity index (χ2n) is 5.92. The van der Waals surface area contributed by atoms with Crippen LogP contribution in [0.25, 0.3) is 0 Å². The number of furan rings is 1. The first-order chi connectivity index (χ1) is 13.5. The van der Waals surface area contributed by atoms with Crippen LogP contribution >= 0.6 is 0 Å². The van der Waals surface area contributed by atoms with E-state index in [2.05, 4.69) is 10.6 Å². The van der Waals surface area contributed by atoms with Gasteiger partial charge in [0.2, 0.25) is 0 Å². The van der Waals surface area contributed by atoms with E-state index in [1.165, 1.54) is 22.8 Å². The molecule has 0 saturated heterocycles. The van der Waals surface area contributed by atoms with Gasteiger partial charge in [0, 0.05) is 43.2 Å². The van der Waals surface area contributed by atoms with Crippen molar-refractivity contribution in [1.82, 2.24) is 9.88 Å². The number of carbonyl (C=O) groups excluding carboxylic acids is 1. The van der Waals surface area contributed by atoms with Crippen LogP contribution in [0.2, 0.25) is 0 Å². The molecule has 9 heteroatoms. The number of nitrogens with one attached hydrogen (secondary N) is 2. The topological polar surface area (TPSA) is 119 Å². The predicted molar refractivity (Wildman–Crippen MR) is 102 cm³/mol. The lowest BCUT2D eigenvalue weighted by Crippen LogP contribution is -2.28. The van der Waals surface area contributed by atoms with Gasteiger partial charge < -0.3 is 19.6 Å². The monoisotopic (exact) mass is 382 g/mol. The Hall–Kier alpha value is -3.88. The summed E-state index contributed by atoms with van der Waals surface area (Å²) in [6.07, 6.45) is 1.65. The lowest BCUT2D eigenvalue weighted by atomic mass is 10.3. The molecule has 0 aliphatic heterocycles. The molecule has 144 valence electrons. The third-order valence-electron chi connectivity index (χ3n) is 3.93.